The van der Waals surface area contributed by atoms with Crippen LogP contribution in [-0.4, -0.2) is 7.11 Å². The van der Waals surface area contributed by atoms with Crippen LogP contribution in [0, 0.1) is 6.92 Å². The molecule has 0 saturated carbocycles. The van der Waals surface area contributed by atoms with E-state index in [1.54, 1.807) is 7.11 Å². The number of benzene rings is 3. The summed E-state index contributed by atoms with van der Waals surface area (Å²) in [5, 5.41) is 5.84. The maximum atomic E-state index is 6.33. The summed E-state index contributed by atoms with van der Waals surface area (Å²) in [7, 11) is 1.66. The molecule has 0 amide bonds. The molecule has 0 spiro atoms. The molecule has 112 valence electrons. The molecule has 1 atom stereocenters. The molecule has 0 aliphatic heterocycles. The standard InChI is InChI=1S/C19H20N2O/c1-13-6-3-7-14-8-5-11-17(18(13)14)21-19(20)15-9-4-10-16(12-15)22-2/h3-12,19,21H,20H2,1-2H3. The van der Waals surface area contributed by atoms with E-state index in [0.29, 0.717) is 0 Å². The first-order valence-corrected chi connectivity index (χ1v) is 7.33. The molecule has 0 bridgehead atoms. The Kier molecular flexibility index (Phi) is 3.98. The molecule has 0 aliphatic carbocycles. The minimum Gasteiger partial charge on any atom is -0.497 e. The second-order valence-electron chi connectivity index (χ2n) is 5.38. The van der Waals surface area contributed by atoms with Gasteiger partial charge in [0.05, 0.1) is 7.11 Å². The van der Waals surface area contributed by atoms with Gasteiger partial charge in [0, 0.05) is 11.1 Å². The fourth-order valence-corrected chi connectivity index (χ4v) is 2.73. The Morgan fingerprint density at radius 3 is 2.50 bits per heavy atom. The minimum absolute atomic E-state index is 0.291. The molecular formula is C19H20N2O. The molecule has 1 unspecified atom stereocenters. The van der Waals surface area contributed by atoms with Crippen molar-refractivity contribution in [2.75, 3.05) is 12.4 Å². The molecular weight excluding hydrogens is 272 g/mol. The Balaban J connectivity index is 1.95. The van der Waals surface area contributed by atoms with Gasteiger partial charge in [0.1, 0.15) is 11.9 Å². The summed E-state index contributed by atoms with van der Waals surface area (Å²) in [6, 6.07) is 20.3. The molecule has 3 heteroatoms. The van der Waals surface area contributed by atoms with E-state index in [-0.39, 0.29) is 6.17 Å². The smallest absolute Gasteiger partial charge is 0.119 e. The molecule has 0 heterocycles. The number of methoxy groups -OCH3 is 1. The second-order valence-corrected chi connectivity index (χ2v) is 5.38. The van der Waals surface area contributed by atoms with Gasteiger partial charge < -0.3 is 15.8 Å². The quantitative estimate of drug-likeness (QED) is 0.708. The Bertz CT molecular complexity index is 793. The van der Waals surface area contributed by atoms with Crippen LogP contribution in [0.3, 0.4) is 0 Å². The predicted octanol–water partition coefficient (Wildman–Crippen LogP) is 4.23. The topological polar surface area (TPSA) is 47.3 Å². The van der Waals surface area contributed by atoms with Crippen LogP contribution in [0.2, 0.25) is 0 Å². The van der Waals surface area contributed by atoms with Crippen molar-refractivity contribution in [3.63, 3.8) is 0 Å². The summed E-state index contributed by atoms with van der Waals surface area (Å²) in [5.74, 6) is 0.809. The van der Waals surface area contributed by atoms with Gasteiger partial charge in [-0.25, -0.2) is 0 Å². The average molecular weight is 292 g/mol. The Hall–Kier alpha value is -2.52. The predicted molar refractivity (Wildman–Crippen MR) is 92.2 cm³/mol. The van der Waals surface area contributed by atoms with Gasteiger partial charge in [-0.3, -0.25) is 0 Å². The van der Waals surface area contributed by atoms with E-state index in [9.17, 15) is 0 Å². The van der Waals surface area contributed by atoms with Gasteiger partial charge in [-0.05, 0) is 41.6 Å². The molecule has 0 aliphatic rings. The molecule has 3 rings (SSSR count). The number of fused-ring (bicyclic) bond motifs is 1. The zero-order valence-corrected chi connectivity index (χ0v) is 12.8. The zero-order chi connectivity index (χ0) is 15.5. The molecule has 0 saturated heterocycles. The van der Waals surface area contributed by atoms with E-state index in [1.165, 1.54) is 16.3 Å². The molecule has 3 N–H and O–H groups in total. The number of ether oxygens (including phenoxy) is 1. The molecule has 22 heavy (non-hydrogen) atoms. The highest BCUT2D eigenvalue weighted by atomic mass is 16.5. The van der Waals surface area contributed by atoms with Crippen molar-refractivity contribution < 1.29 is 4.74 Å². The van der Waals surface area contributed by atoms with Crippen molar-refractivity contribution >= 4 is 16.5 Å². The van der Waals surface area contributed by atoms with E-state index in [2.05, 4.69) is 42.6 Å². The third-order valence-corrected chi connectivity index (χ3v) is 3.88. The Morgan fingerprint density at radius 1 is 1.00 bits per heavy atom. The number of nitrogens with two attached hydrogens (primary N) is 1. The van der Waals surface area contributed by atoms with Crippen molar-refractivity contribution in [2.24, 2.45) is 5.73 Å². The first-order valence-electron chi connectivity index (χ1n) is 7.33. The van der Waals surface area contributed by atoms with Crippen LogP contribution < -0.4 is 15.8 Å². The SMILES string of the molecule is COc1cccc(C(N)Nc2cccc3cccc(C)c23)c1. The summed E-state index contributed by atoms with van der Waals surface area (Å²) >= 11 is 0. The Labute approximate surface area is 130 Å². The maximum Gasteiger partial charge on any atom is 0.119 e. The molecule has 0 radical (unpaired) electrons. The zero-order valence-electron chi connectivity index (χ0n) is 12.8. The molecule has 3 aromatic rings. The first kappa shape index (κ1) is 14.4. The second kappa shape index (κ2) is 6.08. The number of hydrogen-bond acceptors (Lipinski definition) is 3. The van der Waals surface area contributed by atoms with E-state index in [1.807, 2.05) is 30.3 Å². The van der Waals surface area contributed by atoms with Gasteiger partial charge in [0.25, 0.3) is 0 Å². The number of aryl methyl sites for hydroxylation is 1. The number of anilines is 1. The summed E-state index contributed by atoms with van der Waals surface area (Å²) in [5.41, 5.74) is 9.60. The highest BCUT2D eigenvalue weighted by molar-refractivity contribution is 5.96. The third kappa shape index (κ3) is 2.76. The van der Waals surface area contributed by atoms with Gasteiger partial charge in [-0.1, -0.05) is 42.5 Å². The highest BCUT2D eigenvalue weighted by Crippen LogP contribution is 2.29. The van der Waals surface area contributed by atoms with E-state index >= 15 is 0 Å². The van der Waals surface area contributed by atoms with Gasteiger partial charge >= 0.3 is 0 Å². The van der Waals surface area contributed by atoms with Crippen LogP contribution in [-0.2, 0) is 0 Å². The van der Waals surface area contributed by atoms with Crippen molar-refractivity contribution in [1.82, 2.24) is 0 Å². The average Bonchev–Trinajstić information content (AvgIpc) is 2.55. The highest BCUT2D eigenvalue weighted by Gasteiger charge is 2.10. The van der Waals surface area contributed by atoms with Crippen molar-refractivity contribution in [1.29, 1.82) is 0 Å². The lowest BCUT2D eigenvalue weighted by molar-refractivity contribution is 0.414. The molecule has 3 aromatic carbocycles. The lowest BCUT2D eigenvalue weighted by atomic mass is 10.0. The third-order valence-electron chi connectivity index (χ3n) is 3.88. The van der Waals surface area contributed by atoms with Gasteiger partial charge in [0.15, 0.2) is 0 Å². The van der Waals surface area contributed by atoms with Gasteiger partial charge in [-0.15, -0.1) is 0 Å². The van der Waals surface area contributed by atoms with Crippen molar-refractivity contribution in [3.8, 4) is 5.75 Å². The molecule has 0 aromatic heterocycles. The lowest BCUT2D eigenvalue weighted by Gasteiger charge is -2.18. The summed E-state index contributed by atoms with van der Waals surface area (Å²) in [4.78, 5) is 0. The summed E-state index contributed by atoms with van der Waals surface area (Å²) in [6.07, 6.45) is -0.291. The number of nitrogens with one attached hydrogen (secondary N) is 1. The van der Waals surface area contributed by atoms with E-state index in [4.69, 9.17) is 10.5 Å². The fourth-order valence-electron chi connectivity index (χ4n) is 2.73. The summed E-state index contributed by atoms with van der Waals surface area (Å²) in [6.45, 7) is 2.12. The summed E-state index contributed by atoms with van der Waals surface area (Å²) < 4.78 is 5.26. The monoisotopic (exact) mass is 292 g/mol. The van der Waals surface area contributed by atoms with Crippen molar-refractivity contribution in [2.45, 2.75) is 13.1 Å². The minimum atomic E-state index is -0.291. The van der Waals surface area contributed by atoms with Gasteiger partial charge in [-0.2, -0.15) is 0 Å². The van der Waals surface area contributed by atoms with Crippen LogP contribution in [0.1, 0.15) is 17.3 Å². The van der Waals surface area contributed by atoms with Crippen LogP contribution in [0.4, 0.5) is 5.69 Å². The first-order chi connectivity index (χ1) is 10.7. The number of hydrogen-bond donors (Lipinski definition) is 2. The van der Waals surface area contributed by atoms with Crippen LogP contribution in [0.5, 0.6) is 5.75 Å². The van der Waals surface area contributed by atoms with Crippen LogP contribution in [0.15, 0.2) is 60.7 Å². The van der Waals surface area contributed by atoms with Crippen LogP contribution in [0.25, 0.3) is 10.8 Å². The molecule has 3 nitrogen and oxygen atoms in total. The van der Waals surface area contributed by atoms with Crippen molar-refractivity contribution in [3.05, 3.63) is 71.8 Å². The lowest BCUT2D eigenvalue weighted by Crippen LogP contribution is -2.20. The largest absolute Gasteiger partial charge is 0.497 e. The number of rotatable bonds is 4. The normalized spacial score (nSPS) is 12.1. The van der Waals surface area contributed by atoms with E-state index in [0.717, 1.165) is 17.0 Å². The molecule has 0 fully saturated rings. The van der Waals surface area contributed by atoms with Crippen LogP contribution >= 0.6 is 0 Å². The van der Waals surface area contributed by atoms with Gasteiger partial charge in [0.2, 0.25) is 0 Å². The Morgan fingerprint density at radius 2 is 1.73 bits per heavy atom. The maximum absolute atomic E-state index is 6.33. The fraction of sp³-hybridized carbons (Fsp3) is 0.158. The van der Waals surface area contributed by atoms with E-state index < -0.39 is 0 Å².